The maximum Gasteiger partial charge on any atom is 0.211 e. The number of hydrogen-bond acceptors (Lipinski definition) is 4. The van der Waals surface area contributed by atoms with Gasteiger partial charge in [-0.25, -0.2) is 13.1 Å². The quantitative estimate of drug-likeness (QED) is 0.560. The van der Waals surface area contributed by atoms with Crippen LogP contribution < -0.4 is 4.72 Å². The molecule has 0 heterocycles. The summed E-state index contributed by atoms with van der Waals surface area (Å²) in [6.45, 7) is 2.32. The summed E-state index contributed by atoms with van der Waals surface area (Å²) in [6.07, 6.45) is 1.70. The lowest BCUT2D eigenvalue weighted by Crippen LogP contribution is -2.38. The number of unbranched alkanes of at least 4 members (excludes halogenated alkanes) is 1. The number of methoxy groups -OCH3 is 1. The minimum absolute atomic E-state index is 0.0325. The summed E-state index contributed by atoms with van der Waals surface area (Å²) in [6, 6.07) is -0.158. The Morgan fingerprint density at radius 2 is 2.07 bits per heavy atom. The third kappa shape index (κ3) is 7.72. The fourth-order valence-corrected chi connectivity index (χ4v) is 2.60. The van der Waals surface area contributed by atoms with E-state index in [1.807, 2.05) is 6.92 Å². The molecule has 0 aliphatic heterocycles. The maximum absolute atomic E-state index is 11.5. The highest BCUT2D eigenvalue weighted by molar-refractivity contribution is 7.89. The normalized spacial score (nSPS) is 14.1. The number of nitrogens with one attached hydrogen (secondary N) is 1. The van der Waals surface area contributed by atoms with Crippen molar-refractivity contribution >= 4 is 10.0 Å². The molecule has 0 aromatic carbocycles. The second kappa shape index (κ2) is 8.04. The van der Waals surface area contributed by atoms with Crippen LogP contribution in [0.1, 0.15) is 26.2 Å². The first-order chi connectivity index (χ1) is 7.05. The van der Waals surface area contributed by atoms with E-state index in [-0.39, 0.29) is 18.4 Å². The molecular formula is C9H21NO4S. The zero-order valence-corrected chi connectivity index (χ0v) is 10.2. The molecule has 1 atom stereocenters. The van der Waals surface area contributed by atoms with Gasteiger partial charge in [0, 0.05) is 19.8 Å². The van der Waals surface area contributed by atoms with Crippen LogP contribution in [0.5, 0.6) is 0 Å². The Morgan fingerprint density at radius 3 is 2.53 bits per heavy atom. The molecule has 0 aliphatic rings. The third-order valence-corrected chi connectivity index (χ3v) is 3.55. The van der Waals surface area contributed by atoms with Crippen LogP contribution in [-0.2, 0) is 14.8 Å². The second-order valence-electron chi connectivity index (χ2n) is 3.43. The summed E-state index contributed by atoms with van der Waals surface area (Å²) in [5.74, 6) is 0.0633. The van der Waals surface area contributed by atoms with Gasteiger partial charge in [0.15, 0.2) is 0 Å². The molecule has 1 unspecified atom stereocenters. The fraction of sp³-hybridized carbons (Fsp3) is 1.00. The molecule has 0 bridgehead atoms. The van der Waals surface area contributed by atoms with Crippen molar-refractivity contribution in [2.24, 2.45) is 0 Å². The lowest BCUT2D eigenvalue weighted by atomic mass is 10.3. The van der Waals surface area contributed by atoms with Gasteiger partial charge in [-0.3, -0.25) is 0 Å². The fourth-order valence-electron chi connectivity index (χ4n) is 1.15. The molecule has 0 saturated carbocycles. The van der Waals surface area contributed by atoms with Crippen molar-refractivity contribution in [1.29, 1.82) is 0 Å². The molecule has 5 nitrogen and oxygen atoms in total. The van der Waals surface area contributed by atoms with Crippen LogP contribution in [0.25, 0.3) is 0 Å². The Balaban J connectivity index is 3.99. The van der Waals surface area contributed by atoms with Crippen molar-refractivity contribution in [2.75, 3.05) is 26.1 Å². The van der Waals surface area contributed by atoms with E-state index in [9.17, 15) is 8.42 Å². The Bertz CT molecular complexity index is 240. The van der Waals surface area contributed by atoms with Crippen molar-refractivity contribution in [1.82, 2.24) is 4.72 Å². The van der Waals surface area contributed by atoms with E-state index in [4.69, 9.17) is 9.84 Å². The molecule has 0 aliphatic carbocycles. The van der Waals surface area contributed by atoms with E-state index in [0.29, 0.717) is 25.9 Å². The van der Waals surface area contributed by atoms with Crippen LogP contribution in [0.15, 0.2) is 0 Å². The van der Waals surface area contributed by atoms with Gasteiger partial charge in [-0.1, -0.05) is 6.92 Å². The summed E-state index contributed by atoms with van der Waals surface area (Å²) in [7, 11) is -1.68. The summed E-state index contributed by atoms with van der Waals surface area (Å²) in [4.78, 5) is 0. The van der Waals surface area contributed by atoms with E-state index >= 15 is 0 Å². The molecular weight excluding hydrogens is 218 g/mol. The van der Waals surface area contributed by atoms with Gasteiger partial charge in [0.05, 0.1) is 12.4 Å². The molecule has 15 heavy (non-hydrogen) atoms. The van der Waals surface area contributed by atoms with E-state index in [1.165, 1.54) is 0 Å². The third-order valence-electron chi connectivity index (χ3n) is 2.03. The van der Waals surface area contributed by atoms with Crippen LogP contribution in [-0.4, -0.2) is 45.6 Å². The zero-order chi connectivity index (χ0) is 11.7. The number of rotatable bonds is 9. The smallest absolute Gasteiger partial charge is 0.211 e. The molecule has 0 radical (unpaired) electrons. The van der Waals surface area contributed by atoms with Gasteiger partial charge in [-0.15, -0.1) is 0 Å². The van der Waals surface area contributed by atoms with E-state index in [0.717, 1.165) is 0 Å². The zero-order valence-electron chi connectivity index (χ0n) is 9.40. The molecule has 92 valence electrons. The highest BCUT2D eigenvalue weighted by Crippen LogP contribution is 1.99. The van der Waals surface area contributed by atoms with Crippen molar-refractivity contribution in [3.8, 4) is 0 Å². The summed E-state index contributed by atoms with van der Waals surface area (Å²) in [5, 5.41) is 8.54. The summed E-state index contributed by atoms with van der Waals surface area (Å²) in [5.41, 5.74) is 0. The van der Waals surface area contributed by atoms with Crippen LogP contribution in [0.3, 0.4) is 0 Å². The molecule has 6 heteroatoms. The minimum atomic E-state index is -3.23. The standard InChI is InChI=1S/C9H21NO4S/c1-3-9(8-14-2)10-15(12,13)7-5-4-6-11/h9-11H,3-8H2,1-2H3. The van der Waals surface area contributed by atoms with Gasteiger partial charge in [-0.05, 0) is 19.3 Å². The number of sulfonamides is 1. The van der Waals surface area contributed by atoms with Crippen LogP contribution in [0.2, 0.25) is 0 Å². The highest BCUT2D eigenvalue weighted by atomic mass is 32.2. The van der Waals surface area contributed by atoms with Crippen molar-refractivity contribution < 1.29 is 18.3 Å². The lowest BCUT2D eigenvalue weighted by molar-refractivity contribution is 0.173. The first kappa shape index (κ1) is 14.8. The number of ether oxygens (including phenoxy) is 1. The van der Waals surface area contributed by atoms with Gasteiger partial charge in [0.25, 0.3) is 0 Å². The largest absolute Gasteiger partial charge is 0.396 e. The van der Waals surface area contributed by atoms with Gasteiger partial charge < -0.3 is 9.84 Å². The highest BCUT2D eigenvalue weighted by Gasteiger charge is 2.15. The number of hydrogen-bond donors (Lipinski definition) is 2. The van der Waals surface area contributed by atoms with Crippen molar-refractivity contribution in [3.63, 3.8) is 0 Å². The molecule has 0 spiro atoms. The van der Waals surface area contributed by atoms with Crippen LogP contribution >= 0.6 is 0 Å². The van der Waals surface area contributed by atoms with E-state index in [1.54, 1.807) is 7.11 Å². The molecule has 0 rings (SSSR count). The Hall–Kier alpha value is -0.170. The summed E-state index contributed by atoms with van der Waals surface area (Å²) >= 11 is 0. The average Bonchev–Trinajstić information content (AvgIpc) is 2.17. The number of aliphatic hydroxyl groups is 1. The molecule has 0 aromatic rings. The lowest BCUT2D eigenvalue weighted by Gasteiger charge is -2.15. The monoisotopic (exact) mass is 239 g/mol. The molecule has 0 fully saturated rings. The summed E-state index contributed by atoms with van der Waals surface area (Å²) < 4.78 is 30.5. The molecule has 0 saturated heterocycles. The Labute approximate surface area is 91.9 Å². The first-order valence-corrected chi connectivity index (χ1v) is 6.80. The predicted octanol–water partition coefficient (Wildman–Crippen LogP) is 0.103. The van der Waals surface area contributed by atoms with Gasteiger partial charge in [-0.2, -0.15) is 0 Å². The van der Waals surface area contributed by atoms with Crippen LogP contribution in [0.4, 0.5) is 0 Å². The van der Waals surface area contributed by atoms with Crippen LogP contribution in [0, 0.1) is 0 Å². The molecule has 0 amide bonds. The predicted molar refractivity (Wildman–Crippen MR) is 59.2 cm³/mol. The van der Waals surface area contributed by atoms with E-state index < -0.39 is 10.0 Å². The van der Waals surface area contributed by atoms with Gasteiger partial charge in [0.2, 0.25) is 10.0 Å². The van der Waals surface area contributed by atoms with Gasteiger partial charge in [0.1, 0.15) is 0 Å². The second-order valence-corrected chi connectivity index (χ2v) is 5.30. The number of aliphatic hydroxyl groups excluding tert-OH is 1. The topological polar surface area (TPSA) is 75.6 Å². The Kier molecular flexibility index (Phi) is 7.95. The van der Waals surface area contributed by atoms with Crippen molar-refractivity contribution in [2.45, 2.75) is 32.2 Å². The van der Waals surface area contributed by atoms with E-state index in [2.05, 4.69) is 4.72 Å². The molecule has 0 aromatic heterocycles. The van der Waals surface area contributed by atoms with Gasteiger partial charge >= 0.3 is 0 Å². The minimum Gasteiger partial charge on any atom is -0.396 e. The Morgan fingerprint density at radius 1 is 1.40 bits per heavy atom. The van der Waals surface area contributed by atoms with Crippen molar-refractivity contribution in [3.05, 3.63) is 0 Å². The first-order valence-electron chi connectivity index (χ1n) is 5.15. The average molecular weight is 239 g/mol. The molecule has 2 N–H and O–H groups in total. The maximum atomic E-state index is 11.5. The SMILES string of the molecule is CCC(COC)NS(=O)(=O)CCCCO.